The van der Waals surface area contributed by atoms with Crippen LogP contribution in [0.3, 0.4) is 0 Å². The van der Waals surface area contributed by atoms with Crippen LogP contribution in [-0.2, 0) is 0 Å². The normalized spacial score (nSPS) is 11.1. The van der Waals surface area contributed by atoms with Crippen LogP contribution in [0.5, 0.6) is 11.5 Å². The van der Waals surface area contributed by atoms with Crippen LogP contribution in [0.1, 0.15) is 0 Å². The first-order chi connectivity index (χ1) is 8.86. The van der Waals surface area contributed by atoms with E-state index in [0.29, 0.717) is 21.0 Å². The smallest absolute Gasteiger partial charge is 0.204 e. The third-order valence-electron chi connectivity index (χ3n) is 3.24. The van der Waals surface area contributed by atoms with Gasteiger partial charge in [-0.3, -0.25) is 0 Å². The average Bonchev–Trinajstić information content (AvgIpc) is 2.44. The number of rotatable bonds is 2. The lowest BCUT2D eigenvalue weighted by atomic mass is 10.0. The van der Waals surface area contributed by atoms with Gasteiger partial charge in [0, 0.05) is 21.5 Å². The fourth-order valence-corrected chi connectivity index (χ4v) is 3.37. The minimum Gasteiger partial charge on any atom is -0.552 e. The Morgan fingerprint density at radius 3 is 1.06 bits per heavy atom. The molecule has 0 saturated heterocycles. The van der Waals surface area contributed by atoms with E-state index < -0.39 is 0 Å². The molecule has 18 heavy (non-hydrogen) atoms. The maximum atomic E-state index is 5.73. The molecule has 3 aromatic rings. The van der Waals surface area contributed by atoms with Crippen molar-refractivity contribution in [1.82, 2.24) is 0 Å². The molecule has 2 nitrogen and oxygen atoms in total. The Bertz CT molecular complexity index is 606. The molecule has 0 aliphatic carbocycles. The van der Waals surface area contributed by atoms with Crippen molar-refractivity contribution in [2.45, 2.75) is 0 Å². The molecule has 0 aliphatic rings. The molecule has 90 valence electrons. The van der Waals surface area contributed by atoms with Gasteiger partial charge in [-0.1, -0.05) is 48.5 Å². The van der Waals surface area contributed by atoms with Gasteiger partial charge in [0.05, 0.1) is 0 Å². The maximum absolute atomic E-state index is 5.73. The van der Waals surface area contributed by atoms with Gasteiger partial charge in [0.15, 0.2) is 0 Å². The second kappa shape index (κ2) is 4.47. The van der Waals surface area contributed by atoms with E-state index >= 15 is 0 Å². The van der Waals surface area contributed by atoms with Crippen LogP contribution in [0.15, 0.2) is 48.5 Å². The topological polar surface area (TPSA) is 18.5 Å². The van der Waals surface area contributed by atoms with E-state index in [1.165, 1.54) is 0 Å². The summed E-state index contributed by atoms with van der Waals surface area (Å²) in [5.41, 5.74) is 0. The summed E-state index contributed by atoms with van der Waals surface area (Å²) in [7, 11) is 1.37. The molecule has 0 amide bonds. The quantitative estimate of drug-likeness (QED) is 0.516. The van der Waals surface area contributed by atoms with Crippen LogP contribution >= 0.6 is 0 Å². The Labute approximate surface area is 112 Å². The zero-order valence-electron chi connectivity index (χ0n) is 10.4. The summed E-state index contributed by atoms with van der Waals surface area (Å²) >= 11 is 0. The molecule has 0 heterocycles. The highest BCUT2D eigenvalue weighted by Gasteiger charge is 2.12. The second-order valence-electron chi connectivity index (χ2n) is 4.16. The standard InChI is InChI=1S/C14H14O2Si2/c17-15-13-9-5-1-2-6-10(9)14(16-18)12-8-4-3-7-11(12)13/h1-8H,17-18H3. The van der Waals surface area contributed by atoms with Gasteiger partial charge in [0.1, 0.15) is 11.5 Å². The van der Waals surface area contributed by atoms with Crippen molar-refractivity contribution < 1.29 is 8.85 Å². The first-order valence-corrected chi connectivity index (χ1v) is 7.51. The third-order valence-corrected chi connectivity index (χ3v) is 4.06. The number of fused-ring (bicyclic) bond motifs is 2. The molecule has 3 rings (SSSR count). The molecule has 0 unspecified atom stereocenters. The van der Waals surface area contributed by atoms with Crippen molar-refractivity contribution in [3.8, 4) is 11.5 Å². The highest BCUT2D eigenvalue weighted by atomic mass is 28.2. The number of benzene rings is 3. The van der Waals surface area contributed by atoms with Gasteiger partial charge in [-0.05, 0) is 0 Å². The zero-order chi connectivity index (χ0) is 12.5. The molecular weight excluding hydrogens is 256 g/mol. The van der Waals surface area contributed by atoms with E-state index in [0.717, 1.165) is 33.0 Å². The highest BCUT2D eigenvalue weighted by molar-refractivity contribution is 6.15. The molecule has 0 N–H and O–H groups in total. The van der Waals surface area contributed by atoms with Gasteiger partial charge in [0.2, 0.25) is 21.0 Å². The minimum atomic E-state index is 0.683. The summed E-state index contributed by atoms with van der Waals surface area (Å²) in [5, 5.41) is 4.54. The third kappa shape index (κ3) is 1.53. The average molecular weight is 270 g/mol. The lowest BCUT2D eigenvalue weighted by molar-refractivity contribution is 0.620. The van der Waals surface area contributed by atoms with E-state index in [2.05, 4.69) is 24.3 Å². The first-order valence-electron chi connectivity index (χ1n) is 5.88. The van der Waals surface area contributed by atoms with Crippen LogP contribution in [0.4, 0.5) is 0 Å². The van der Waals surface area contributed by atoms with E-state index in [4.69, 9.17) is 8.85 Å². The van der Waals surface area contributed by atoms with Crippen molar-refractivity contribution in [1.29, 1.82) is 0 Å². The van der Waals surface area contributed by atoms with Crippen LogP contribution < -0.4 is 8.85 Å². The Kier molecular flexibility index (Phi) is 2.81. The molecule has 0 aromatic heterocycles. The Balaban J connectivity index is 2.61. The highest BCUT2D eigenvalue weighted by Crippen LogP contribution is 2.41. The van der Waals surface area contributed by atoms with Gasteiger partial charge in [-0.2, -0.15) is 0 Å². The molecule has 0 bridgehead atoms. The monoisotopic (exact) mass is 270 g/mol. The number of hydrogen-bond acceptors (Lipinski definition) is 2. The lowest BCUT2D eigenvalue weighted by Gasteiger charge is -2.15. The van der Waals surface area contributed by atoms with Crippen LogP contribution in [0.2, 0.25) is 0 Å². The van der Waals surface area contributed by atoms with Gasteiger partial charge in [0.25, 0.3) is 0 Å². The van der Waals surface area contributed by atoms with Crippen LogP contribution in [0, 0.1) is 0 Å². The predicted octanol–water partition coefficient (Wildman–Crippen LogP) is 1.31. The Hall–Kier alpha value is -1.79. The van der Waals surface area contributed by atoms with Crippen molar-refractivity contribution >= 4 is 42.5 Å². The SMILES string of the molecule is [SiH3]Oc1c2ccccc2c(O[SiH3])c2ccccc12. The van der Waals surface area contributed by atoms with Crippen molar-refractivity contribution in [3.05, 3.63) is 48.5 Å². The molecule has 0 radical (unpaired) electrons. The van der Waals surface area contributed by atoms with E-state index in [-0.39, 0.29) is 0 Å². The second-order valence-corrected chi connectivity index (χ2v) is 4.97. The molecule has 0 aliphatic heterocycles. The zero-order valence-corrected chi connectivity index (χ0v) is 14.4. The van der Waals surface area contributed by atoms with Gasteiger partial charge < -0.3 is 8.85 Å². The molecule has 0 fully saturated rings. The lowest BCUT2D eigenvalue weighted by Crippen LogP contribution is -1.94. The summed E-state index contributed by atoms with van der Waals surface area (Å²) in [5.74, 6) is 1.96. The molecule has 3 aromatic carbocycles. The molecular formula is C14H14O2Si2. The molecule has 0 saturated carbocycles. The van der Waals surface area contributed by atoms with E-state index in [1.54, 1.807) is 0 Å². The van der Waals surface area contributed by atoms with Crippen LogP contribution in [0.25, 0.3) is 21.5 Å². The molecule has 4 heteroatoms. The van der Waals surface area contributed by atoms with Gasteiger partial charge in [-0.15, -0.1) is 0 Å². The predicted molar refractivity (Wildman–Crippen MR) is 82.6 cm³/mol. The summed E-state index contributed by atoms with van der Waals surface area (Å²) in [6.45, 7) is 0. The van der Waals surface area contributed by atoms with Crippen molar-refractivity contribution in [2.24, 2.45) is 0 Å². The minimum absolute atomic E-state index is 0.683. The summed E-state index contributed by atoms with van der Waals surface area (Å²) in [4.78, 5) is 0. The van der Waals surface area contributed by atoms with Gasteiger partial charge >= 0.3 is 0 Å². The summed E-state index contributed by atoms with van der Waals surface area (Å²) in [6, 6.07) is 16.5. The fraction of sp³-hybridized carbons (Fsp3) is 0. The number of hydrogen-bond donors (Lipinski definition) is 0. The van der Waals surface area contributed by atoms with Crippen molar-refractivity contribution in [2.75, 3.05) is 0 Å². The first kappa shape index (κ1) is 11.3. The Morgan fingerprint density at radius 1 is 0.556 bits per heavy atom. The van der Waals surface area contributed by atoms with Crippen LogP contribution in [-0.4, -0.2) is 21.0 Å². The molecule has 0 atom stereocenters. The molecule has 0 spiro atoms. The Morgan fingerprint density at radius 2 is 0.833 bits per heavy atom. The fourth-order valence-electron chi connectivity index (χ4n) is 2.49. The van der Waals surface area contributed by atoms with E-state index in [9.17, 15) is 0 Å². The summed E-state index contributed by atoms with van der Waals surface area (Å²) in [6.07, 6.45) is 0. The van der Waals surface area contributed by atoms with Gasteiger partial charge in [-0.25, -0.2) is 0 Å². The summed E-state index contributed by atoms with van der Waals surface area (Å²) < 4.78 is 11.5. The largest absolute Gasteiger partial charge is 0.552 e. The van der Waals surface area contributed by atoms with Crippen molar-refractivity contribution in [3.63, 3.8) is 0 Å². The maximum Gasteiger partial charge on any atom is 0.204 e. The van der Waals surface area contributed by atoms with E-state index in [1.807, 2.05) is 24.3 Å².